The Balaban J connectivity index is 1.79. The highest BCUT2D eigenvalue weighted by Crippen LogP contribution is 2.18. The first-order valence-corrected chi connectivity index (χ1v) is 6.75. The molecule has 3 heterocycles. The zero-order chi connectivity index (χ0) is 13.9. The summed E-state index contributed by atoms with van der Waals surface area (Å²) in [7, 11) is 0. The average molecular weight is 296 g/mol. The number of nitrogens with one attached hydrogen (secondary N) is 1. The predicted octanol–water partition coefficient (Wildman–Crippen LogP) is 1.09. The monoisotopic (exact) mass is 295 g/mol. The van der Waals surface area contributed by atoms with Crippen molar-refractivity contribution in [2.75, 3.05) is 11.9 Å². The molecule has 2 aromatic rings. The Hall–Kier alpha value is -1.80. The van der Waals surface area contributed by atoms with Crippen LogP contribution in [-0.2, 0) is 4.74 Å². The summed E-state index contributed by atoms with van der Waals surface area (Å²) in [4.78, 5) is 16.2. The Bertz CT molecular complexity index is 570. The largest absolute Gasteiger partial charge is 0.376 e. The van der Waals surface area contributed by atoms with E-state index in [0.717, 1.165) is 19.4 Å². The summed E-state index contributed by atoms with van der Waals surface area (Å²) in [6.45, 7) is 2.83. The molecule has 0 aromatic carbocycles. The first kappa shape index (κ1) is 13.2. The number of nitrogens with zero attached hydrogens (tertiary/aromatic N) is 6. The van der Waals surface area contributed by atoms with Gasteiger partial charge in [0, 0.05) is 6.61 Å². The molecule has 0 saturated carbocycles. The summed E-state index contributed by atoms with van der Waals surface area (Å²) in [5.74, 6) is 0.725. The summed E-state index contributed by atoms with van der Waals surface area (Å²) < 4.78 is 7.05. The number of hydrogen-bond donors (Lipinski definition) is 1. The zero-order valence-electron chi connectivity index (χ0n) is 10.9. The van der Waals surface area contributed by atoms with Gasteiger partial charge in [-0.3, -0.25) is 0 Å². The molecule has 0 aliphatic carbocycles. The third kappa shape index (κ3) is 2.86. The van der Waals surface area contributed by atoms with Gasteiger partial charge in [-0.15, -0.1) is 0 Å². The van der Waals surface area contributed by atoms with Gasteiger partial charge in [0.25, 0.3) is 5.95 Å². The van der Waals surface area contributed by atoms with E-state index in [-0.39, 0.29) is 17.4 Å². The summed E-state index contributed by atoms with van der Waals surface area (Å²) in [5.41, 5.74) is 0. The minimum atomic E-state index is 0.0968. The molecule has 3 rings (SSSR count). The highest BCUT2D eigenvalue weighted by atomic mass is 35.5. The van der Waals surface area contributed by atoms with Crippen molar-refractivity contribution in [2.45, 2.75) is 31.9 Å². The highest BCUT2D eigenvalue weighted by Gasteiger charge is 2.23. The maximum absolute atomic E-state index is 5.92. The van der Waals surface area contributed by atoms with Crippen LogP contribution in [0.4, 0.5) is 5.95 Å². The topological polar surface area (TPSA) is 90.6 Å². The first-order chi connectivity index (χ1) is 9.72. The SMILES string of the molecule is CC(Nc1nc(Cl)nc(-n2cncn2)n1)C1CCCO1. The number of halogens is 1. The number of aromatic nitrogens is 6. The van der Waals surface area contributed by atoms with Gasteiger partial charge in [-0.2, -0.15) is 24.7 Å². The first-order valence-electron chi connectivity index (χ1n) is 6.37. The normalized spacial score (nSPS) is 20.0. The van der Waals surface area contributed by atoms with Gasteiger partial charge in [-0.25, -0.2) is 4.98 Å². The van der Waals surface area contributed by atoms with E-state index in [1.54, 1.807) is 0 Å². The number of hydrogen-bond acceptors (Lipinski definition) is 7. The smallest absolute Gasteiger partial charge is 0.258 e. The van der Waals surface area contributed by atoms with Gasteiger partial charge in [-0.1, -0.05) is 0 Å². The second-order valence-corrected chi connectivity index (χ2v) is 4.89. The van der Waals surface area contributed by atoms with Crippen LogP contribution in [0.15, 0.2) is 12.7 Å². The van der Waals surface area contributed by atoms with Crippen LogP contribution in [0.5, 0.6) is 0 Å². The molecule has 1 aliphatic rings. The van der Waals surface area contributed by atoms with E-state index in [1.165, 1.54) is 17.3 Å². The summed E-state index contributed by atoms with van der Waals surface area (Å²) in [5, 5.41) is 7.26. The Morgan fingerprint density at radius 3 is 3.05 bits per heavy atom. The van der Waals surface area contributed by atoms with Crippen molar-refractivity contribution < 1.29 is 4.74 Å². The summed E-state index contributed by atoms with van der Waals surface area (Å²) in [6, 6.07) is 0.0968. The lowest BCUT2D eigenvalue weighted by Crippen LogP contribution is -2.31. The summed E-state index contributed by atoms with van der Waals surface area (Å²) in [6.07, 6.45) is 5.18. The van der Waals surface area contributed by atoms with E-state index in [9.17, 15) is 0 Å². The van der Waals surface area contributed by atoms with E-state index < -0.39 is 0 Å². The third-order valence-electron chi connectivity index (χ3n) is 3.10. The minimum Gasteiger partial charge on any atom is -0.376 e. The number of anilines is 1. The minimum absolute atomic E-state index is 0.0968. The highest BCUT2D eigenvalue weighted by molar-refractivity contribution is 6.28. The van der Waals surface area contributed by atoms with Crippen molar-refractivity contribution in [2.24, 2.45) is 0 Å². The van der Waals surface area contributed by atoms with Crippen molar-refractivity contribution in [3.63, 3.8) is 0 Å². The maximum atomic E-state index is 5.92. The van der Waals surface area contributed by atoms with Crippen LogP contribution >= 0.6 is 11.6 Å². The van der Waals surface area contributed by atoms with Gasteiger partial charge in [0.2, 0.25) is 11.2 Å². The van der Waals surface area contributed by atoms with Crippen molar-refractivity contribution in [1.29, 1.82) is 0 Å². The van der Waals surface area contributed by atoms with Crippen molar-refractivity contribution in [3.05, 3.63) is 17.9 Å². The Kier molecular flexibility index (Phi) is 3.75. The predicted molar refractivity (Wildman–Crippen MR) is 71.8 cm³/mol. The Morgan fingerprint density at radius 2 is 2.35 bits per heavy atom. The Morgan fingerprint density at radius 1 is 1.45 bits per heavy atom. The van der Waals surface area contributed by atoms with E-state index in [2.05, 4.69) is 30.4 Å². The summed E-state index contributed by atoms with van der Waals surface area (Å²) >= 11 is 5.92. The van der Waals surface area contributed by atoms with Gasteiger partial charge < -0.3 is 10.1 Å². The van der Waals surface area contributed by atoms with Crippen molar-refractivity contribution in [3.8, 4) is 5.95 Å². The van der Waals surface area contributed by atoms with Gasteiger partial charge >= 0.3 is 0 Å². The molecular formula is C11H14ClN7O. The van der Waals surface area contributed by atoms with Gasteiger partial charge in [0.1, 0.15) is 12.7 Å². The van der Waals surface area contributed by atoms with E-state index in [0.29, 0.717) is 11.9 Å². The molecule has 8 nitrogen and oxygen atoms in total. The second-order valence-electron chi connectivity index (χ2n) is 4.55. The van der Waals surface area contributed by atoms with Crippen LogP contribution in [0.25, 0.3) is 5.95 Å². The van der Waals surface area contributed by atoms with E-state index in [4.69, 9.17) is 16.3 Å². The van der Waals surface area contributed by atoms with Crippen LogP contribution in [0.3, 0.4) is 0 Å². The lowest BCUT2D eigenvalue weighted by molar-refractivity contribution is 0.0994. The third-order valence-corrected chi connectivity index (χ3v) is 3.27. The molecule has 106 valence electrons. The molecule has 1 aliphatic heterocycles. The molecule has 0 amide bonds. The molecular weight excluding hydrogens is 282 g/mol. The van der Waals surface area contributed by atoms with Crippen molar-refractivity contribution >= 4 is 17.5 Å². The van der Waals surface area contributed by atoms with Crippen LogP contribution in [0.1, 0.15) is 19.8 Å². The molecule has 1 N–H and O–H groups in total. The van der Waals surface area contributed by atoms with E-state index >= 15 is 0 Å². The standard InChI is InChI=1S/C11H14ClN7O/c1-7(8-3-2-4-20-8)15-10-16-9(12)17-11(18-10)19-6-13-5-14-19/h5-8H,2-4H2,1H3,(H,15,16,17,18). The molecule has 1 fully saturated rings. The molecule has 1 saturated heterocycles. The fraction of sp³-hybridized carbons (Fsp3) is 0.545. The van der Waals surface area contributed by atoms with Crippen LogP contribution < -0.4 is 5.32 Å². The van der Waals surface area contributed by atoms with Crippen LogP contribution in [-0.4, -0.2) is 48.5 Å². The van der Waals surface area contributed by atoms with Gasteiger partial charge in [0.05, 0.1) is 12.1 Å². The molecule has 2 atom stereocenters. The Labute approximate surface area is 120 Å². The van der Waals surface area contributed by atoms with Crippen LogP contribution in [0.2, 0.25) is 5.28 Å². The quantitative estimate of drug-likeness (QED) is 0.902. The second kappa shape index (κ2) is 5.68. The molecule has 20 heavy (non-hydrogen) atoms. The van der Waals surface area contributed by atoms with Crippen LogP contribution in [0, 0.1) is 0 Å². The van der Waals surface area contributed by atoms with Gasteiger partial charge in [0.15, 0.2) is 0 Å². The molecule has 0 bridgehead atoms. The van der Waals surface area contributed by atoms with E-state index in [1.807, 2.05) is 6.92 Å². The van der Waals surface area contributed by atoms with Crippen molar-refractivity contribution in [1.82, 2.24) is 29.7 Å². The molecule has 2 unspecified atom stereocenters. The number of ether oxygens (including phenoxy) is 1. The number of rotatable bonds is 4. The van der Waals surface area contributed by atoms with Gasteiger partial charge in [-0.05, 0) is 31.4 Å². The molecule has 9 heteroatoms. The average Bonchev–Trinajstić information content (AvgIpc) is 3.12. The zero-order valence-corrected chi connectivity index (χ0v) is 11.7. The lowest BCUT2D eigenvalue weighted by atomic mass is 10.1. The molecule has 0 spiro atoms. The fourth-order valence-electron chi connectivity index (χ4n) is 2.11. The fourth-order valence-corrected chi connectivity index (χ4v) is 2.27. The lowest BCUT2D eigenvalue weighted by Gasteiger charge is -2.19. The maximum Gasteiger partial charge on any atom is 0.258 e. The molecule has 2 aromatic heterocycles. The molecule has 0 radical (unpaired) electrons.